The molecule has 35 heavy (non-hydrogen) atoms. The molecule has 0 amide bonds. The number of fused-ring (bicyclic) bond motifs is 1. The van der Waals surface area contributed by atoms with E-state index in [4.69, 9.17) is 0 Å². The van der Waals surface area contributed by atoms with Gasteiger partial charge in [0.15, 0.2) is 5.69 Å². The van der Waals surface area contributed by atoms with Crippen LogP contribution in [0.15, 0.2) is 66.7 Å². The third-order valence-electron chi connectivity index (χ3n) is 8.77. The number of nitrogens with zero attached hydrogens (tertiary/aromatic N) is 1. The van der Waals surface area contributed by atoms with Crippen LogP contribution in [-0.2, 0) is 7.05 Å². The van der Waals surface area contributed by atoms with Crippen molar-refractivity contribution in [2.24, 2.45) is 7.05 Å². The van der Waals surface area contributed by atoms with Crippen molar-refractivity contribution in [2.75, 3.05) is 0 Å². The first-order chi connectivity index (χ1) is 16.8. The Hall–Kier alpha value is -2.71. The standard InChI is InChI=1S/C33H40NSi/c1-23-19-27(26-13-9-7-10-14-26)22-32(25(23)3)33-31-18-17-30(21-28(31)20-24(2)34(33)4)35(5,6)29-15-11-8-12-16-29/h8,11-12,15-22,26H,7,9-10,13-14H2,1-6H3/q+1. The highest BCUT2D eigenvalue weighted by Gasteiger charge is 2.28. The Balaban J connectivity index is 1.69. The van der Waals surface area contributed by atoms with Gasteiger partial charge in [-0.25, -0.2) is 0 Å². The van der Waals surface area contributed by atoms with Crippen molar-refractivity contribution in [1.29, 1.82) is 0 Å². The molecule has 1 nitrogen and oxygen atoms in total. The summed E-state index contributed by atoms with van der Waals surface area (Å²) in [7, 11) is 0.480. The maximum absolute atomic E-state index is 2.53. The Morgan fingerprint density at radius 2 is 1.49 bits per heavy atom. The van der Waals surface area contributed by atoms with Gasteiger partial charge in [0.25, 0.3) is 0 Å². The van der Waals surface area contributed by atoms with Crippen molar-refractivity contribution < 1.29 is 4.57 Å². The molecule has 0 unspecified atom stereocenters. The molecule has 1 fully saturated rings. The van der Waals surface area contributed by atoms with Crippen molar-refractivity contribution in [1.82, 2.24) is 0 Å². The number of aryl methyl sites for hydroxylation is 2. The topological polar surface area (TPSA) is 3.88 Å². The van der Waals surface area contributed by atoms with E-state index in [9.17, 15) is 0 Å². The highest BCUT2D eigenvalue weighted by molar-refractivity contribution is 7.00. The Morgan fingerprint density at radius 3 is 2.20 bits per heavy atom. The van der Waals surface area contributed by atoms with Crippen molar-refractivity contribution >= 4 is 29.2 Å². The molecule has 0 N–H and O–H groups in total. The quantitative estimate of drug-likeness (QED) is 0.217. The fraction of sp³-hybridized carbons (Fsp3) is 0.364. The zero-order valence-corrected chi connectivity index (χ0v) is 23.4. The Labute approximate surface area is 212 Å². The molecule has 2 heteroatoms. The number of pyridine rings is 1. The van der Waals surface area contributed by atoms with Gasteiger partial charge in [0.05, 0.1) is 10.9 Å². The summed E-state index contributed by atoms with van der Waals surface area (Å²) in [6.07, 6.45) is 6.82. The summed E-state index contributed by atoms with van der Waals surface area (Å²) in [5, 5.41) is 5.72. The van der Waals surface area contributed by atoms with Crippen LogP contribution in [0.5, 0.6) is 0 Å². The molecule has 1 aromatic heterocycles. The SMILES string of the molecule is Cc1cc(C2CCCCC2)cc(-c2c3ccc([Si](C)(C)c4ccccc4)cc3cc(C)[n+]2C)c1C. The summed E-state index contributed by atoms with van der Waals surface area (Å²) in [5.74, 6) is 0.715. The van der Waals surface area contributed by atoms with Gasteiger partial charge in [-0.05, 0) is 66.8 Å². The first-order valence-corrected chi connectivity index (χ1v) is 16.4. The zero-order valence-electron chi connectivity index (χ0n) is 22.4. The largest absolute Gasteiger partial charge is 0.220 e. The summed E-state index contributed by atoms with van der Waals surface area (Å²) in [6.45, 7) is 11.8. The van der Waals surface area contributed by atoms with Gasteiger partial charge in [-0.2, -0.15) is 4.57 Å². The van der Waals surface area contributed by atoms with E-state index in [2.05, 4.69) is 112 Å². The molecule has 0 aliphatic heterocycles. The maximum atomic E-state index is 2.53. The molecule has 1 heterocycles. The van der Waals surface area contributed by atoms with E-state index in [0.29, 0.717) is 5.92 Å². The molecule has 0 saturated heterocycles. The second-order valence-electron chi connectivity index (χ2n) is 11.3. The van der Waals surface area contributed by atoms with Gasteiger partial charge < -0.3 is 0 Å². The first-order valence-electron chi connectivity index (χ1n) is 13.4. The van der Waals surface area contributed by atoms with Crippen molar-refractivity contribution in [3.63, 3.8) is 0 Å². The van der Waals surface area contributed by atoms with Crippen LogP contribution >= 0.6 is 0 Å². The predicted octanol–water partition coefficient (Wildman–Crippen LogP) is 7.13. The minimum Gasteiger partial charge on any atom is -0.198 e. The molecular formula is C33H40NSi+. The van der Waals surface area contributed by atoms with Crippen LogP contribution in [0.4, 0.5) is 0 Å². The molecule has 180 valence electrons. The molecule has 1 saturated carbocycles. The minimum atomic E-state index is -1.76. The van der Waals surface area contributed by atoms with Gasteiger partial charge in [-0.1, -0.05) is 91.3 Å². The minimum absolute atomic E-state index is 0.715. The Kier molecular flexibility index (Phi) is 6.44. The normalized spacial score (nSPS) is 15.0. The first kappa shape index (κ1) is 24.0. The summed E-state index contributed by atoms with van der Waals surface area (Å²) in [4.78, 5) is 0. The molecule has 5 rings (SSSR count). The maximum Gasteiger partial charge on any atom is 0.220 e. The third kappa shape index (κ3) is 4.38. The number of hydrogen-bond acceptors (Lipinski definition) is 0. The lowest BCUT2D eigenvalue weighted by Gasteiger charge is -2.25. The summed E-state index contributed by atoms with van der Waals surface area (Å²) in [5.41, 5.74) is 8.47. The average molecular weight is 479 g/mol. The highest BCUT2D eigenvalue weighted by atomic mass is 28.3. The lowest BCUT2D eigenvalue weighted by molar-refractivity contribution is -0.665. The van der Waals surface area contributed by atoms with Gasteiger partial charge in [-0.15, -0.1) is 0 Å². The van der Waals surface area contributed by atoms with Gasteiger partial charge in [0, 0.05) is 13.0 Å². The van der Waals surface area contributed by atoms with E-state index in [1.165, 1.54) is 81.3 Å². The number of hydrogen-bond donors (Lipinski definition) is 0. The van der Waals surface area contributed by atoms with E-state index in [0.717, 1.165) is 0 Å². The fourth-order valence-corrected chi connectivity index (χ4v) is 8.49. The second kappa shape index (κ2) is 9.39. The van der Waals surface area contributed by atoms with Crippen molar-refractivity contribution in [3.8, 4) is 11.3 Å². The van der Waals surface area contributed by atoms with Crippen LogP contribution in [0.3, 0.4) is 0 Å². The Bertz CT molecular complexity index is 1380. The Morgan fingerprint density at radius 1 is 0.771 bits per heavy atom. The smallest absolute Gasteiger partial charge is 0.198 e. The van der Waals surface area contributed by atoms with Crippen LogP contribution in [0.25, 0.3) is 22.0 Å². The van der Waals surface area contributed by atoms with E-state index in [1.54, 1.807) is 5.56 Å². The molecule has 1 aliphatic rings. The van der Waals surface area contributed by atoms with E-state index in [-0.39, 0.29) is 0 Å². The number of aromatic nitrogens is 1. The number of rotatable bonds is 4. The van der Waals surface area contributed by atoms with Gasteiger partial charge in [-0.3, -0.25) is 0 Å². The molecule has 0 spiro atoms. The second-order valence-corrected chi connectivity index (χ2v) is 15.7. The van der Waals surface area contributed by atoms with E-state index >= 15 is 0 Å². The van der Waals surface area contributed by atoms with Crippen LogP contribution in [0.2, 0.25) is 13.1 Å². The summed E-state index contributed by atoms with van der Waals surface area (Å²) >= 11 is 0. The lowest BCUT2D eigenvalue weighted by atomic mass is 9.81. The molecule has 1 aliphatic carbocycles. The van der Waals surface area contributed by atoms with Gasteiger partial charge in [0.2, 0.25) is 5.69 Å². The zero-order chi connectivity index (χ0) is 24.7. The van der Waals surface area contributed by atoms with Crippen LogP contribution in [0.1, 0.15) is 60.4 Å². The summed E-state index contributed by atoms with van der Waals surface area (Å²) in [6, 6.07) is 25.8. The monoisotopic (exact) mass is 478 g/mol. The number of benzene rings is 3. The third-order valence-corrected chi connectivity index (χ3v) is 12.3. The fourth-order valence-electron chi connectivity index (χ4n) is 6.12. The van der Waals surface area contributed by atoms with E-state index < -0.39 is 8.07 Å². The molecule has 0 radical (unpaired) electrons. The van der Waals surface area contributed by atoms with E-state index in [1.807, 2.05) is 0 Å². The highest BCUT2D eigenvalue weighted by Crippen LogP contribution is 2.37. The molecule has 0 bridgehead atoms. The molecule has 0 atom stereocenters. The lowest BCUT2D eigenvalue weighted by Crippen LogP contribution is -2.52. The van der Waals surface area contributed by atoms with Gasteiger partial charge in [0.1, 0.15) is 15.1 Å². The van der Waals surface area contributed by atoms with Crippen LogP contribution < -0.4 is 14.9 Å². The van der Waals surface area contributed by atoms with Crippen LogP contribution in [-0.4, -0.2) is 8.07 Å². The van der Waals surface area contributed by atoms with Crippen molar-refractivity contribution in [3.05, 3.63) is 89.1 Å². The summed E-state index contributed by atoms with van der Waals surface area (Å²) < 4.78 is 2.41. The molecule has 3 aromatic carbocycles. The van der Waals surface area contributed by atoms with Gasteiger partial charge >= 0.3 is 0 Å². The predicted molar refractivity (Wildman–Crippen MR) is 154 cm³/mol. The van der Waals surface area contributed by atoms with Crippen LogP contribution in [0, 0.1) is 20.8 Å². The molecule has 4 aromatic rings. The van der Waals surface area contributed by atoms with Crippen molar-refractivity contribution in [2.45, 2.75) is 71.9 Å². The molecular weight excluding hydrogens is 438 g/mol. The average Bonchev–Trinajstić information content (AvgIpc) is 2.87.